The van der Waals surface area contributed by atoms with Gasteiger partial charge in [0.25, 0.3) is 0 Å². The number of nitrogens with one attached hydrogen (secondary N) is 1. The predicted molar refractivity (Wildman–Crippen MR) is 80.9 cm³/mol. The second kappa shape index (κ2) is 7.32. The summed E-state index contributed by atoms with van der Waals surface area (Å²) in [6, 6.07) is 8.20. The summed E-state index contributed by atoms with van der Waals surface area (Å²) in [6.45, 7) is 4.01. The van der Waals surface area contributed by atoms with E-state index in [-0.39, 0.29) is 12.0 Å². The van der Waals surface area contributed by atoms with E-state index in [2.05, 4.69) is 5.32 Å². The van der Waals surface area contributed by atoms with Gasteiger partial charge < -0.3 is 10.1 Å². The highest BCUT2D eigenvalue weighted by Crippen LogP contribution is 2.18. The number of hydrogen-bond acceptors (Lipinski definition) is 2. The topological polar surface area (TPSA) is 38.3 Å². The van der Waals surface area contributed by atoms with Gasteiger partial charge in [0, 0.05) is 6.04 Å². The summed E-state index contributed by atoms with van der Waals surface area (Å²) in [7, 11) is 0. The third-order valence-corrected chi connectivity index (χ3v) is 3.63. The Balaban J connectivity index is 1.81. The molecule has 1 amide bonds. The molecule has 0 unspecified atom stereocenters. The van der Waals surface area contributed by atoms with E-state index < -0.39 is 0 Å². The summed E-state index contributed by atoms with van der Waals surface area (Å²) in [4.78, 5) is 12.0. The molecule has 0 bridgehead atoms. The van der Waals surface area contributed by atoms with Gasteiger partial charge in [0.1, 0.15) is 5.75 Å². The van der Waals surface area contributed by atoms with Gasteiger partial charge in [-0.3, -0.25) is 4.79 Å². The molecule has 1 aromatic rings. The van der Waals surface area contributed by atoms with Crippen LogP contribution in [0.3, 0.4) is 0 Å². The molecule has 2 rings (SSSR count). The van der Waals surface area contributed by atoms with Gasteiger partial charge in [0.15, 0.2) is 0 Å². The molecule has 0 aromatic heterocycles. The Labute approximate surface area is 121 Å². The number of benzene rings is 1. The lowest BCUT2D eigenvalue weighted by atomic mass is 9.95. The monoisotopic (exact) mass is 275 g/mol. The fourth-order valence-corrected chi connectivity index (χ4v) is 2.67. The average molecular weight is 275 g/mol. The quantitative estimate of drug-likeness (QED) is 0.893. The van der Waals surface area contributed by atoms with Gasteiger partial charge in [-0.1, -0.05) is 31.4 Å². The minimum atomic E-state index is 0.134. The van der Waals surface area contributed by atoms with Crippen LogP contribution < -0.4 is 10.1 Å². The lowest BCUT2D eigenvalue weighted by Gasteiger charge is -2.22. The van der Waals surface area contributed by atoms with Gasteiger partial charge in [-0.15, -0.1) is 0 Å². The minimum Gasteiger partial charge on any atom is -0.491 e. The van der Waals surface area contributed by atoms with Crippen LogP contribution in [0.5, 0.6) is 5.75 Å². The predicted octanol–water partition coefficient (Wildman–Crippen LogP) is 3.47. The Kier molecular flexibility index (Phi) is 5.45. The lowest BCUT2D eigenvalue weighted by Crippen LogP contribution is -2.37. The summed E-state index contributed by atoms with van der Waals surface area (Å²) < 4.78 is 5.60. The van der Waals surface area contributed by atoms with E-state index in [0.29, 0.717) is 12.5 Å². The second-order valence-electron chi connectivity index (χ2n) is 5.89. The summed E-state index contributed by atoms with van der Waals surface area (Å²) in [5.74, 6) is 0.992. The van der Waals surface area contributed by atoms with Crippen molar-refractivity contribution in [2.24, 2.45) is 0 Å². The SMILES string of the molecule is CC(C)Oc1ccc(CC(=O)NC2CCCCC2)cc1. The Hall–Kier alpha value is -1.51. The molecule has 3 nitrogen and oxygen atoms in total. The Morgan fingerprint density at radius 2 is 1.85 bits per heavy atom. The molecule has 1 N–H and O–H groups in total. The molecule has 20 heavy (non-hydrogen) atoms. The van der Waals surface area contributed by atoms with Crippen LogP contribution in [0.2, 0.25) is 0 Å². The fraction of sp³-hybridized carbons (Fsp3) is 0.588. The Bertz CT molecular complexity index is 419. The first kappa shape index (κ1) is 14.9. The van der Waals surface area contributed by atoms with E-state index in [1.54, 1.807) is 0 Å². The maximum Gasteiger partial charge on any atom is 0.224 e. The number of carbonyl (C=O) groups is 1. The maximum absolute atomic E-state index is 12.0. The van der Waals surface area contributed by atoms with Crippen LogP contribution >= 0.6 is 0 Å². The minimum absolute atomic E-state index is 0.134. The number of hydrogen-bond donors (Lipinski definition) is 1. The zero-order valence-electron chi connectivity index (χ0n) is 12.5. The summed E-state index contributed by atoms with van der Waals surface area (Å²) in [5, 5.41) is 3.14. The molecule has 110 valence electrons. The van der Waals surface area contributed by atoms with Gasteiger partial charge in [0.05, 0.1) is 12.5 Å². The molecule has 1 saturated carbocycles. The maximum atomic E-state index is 12.0. The van der Waals surface area contributed by atoms with Gasteiger partial charge in [-0.05, 0) is 44.4 Å². The highest BCUT2D eigenvalue weighted by atomic mass is 16.5. The van der Waals surface area contributed by atoms with E-state index in [9.17, 15) is 4.79 Å². The van der Waals surface area contributed by atoms with Gasteiger partial charge in [-0.25, -0.2) is 0 Å². The van der Waals surface area contributed by atoms with Gasteiger partial charge in [0.2, 0.25) is 5.91 Å². The molecular formula is C17H25NO2. The molecule has 0 spiro atoms. The summed E-state index contributed by atoms with van der Waals surface area (Å²) in [6.07, 6.45) is 6.69. The van der Waals surface area contributed by atoms with Crippen LogP contribution in [0.15, 0.2) is 24.3 Å². The van der Waals surface area contributed by atoms with E-state index in [1.165, 1.54) is 19.3 Å². The number of ether oxygens (including phenoxy) is 1. The van der Waals surface area contributed by atoms with Gasteiger partial charge >= 0.3 is 0 Å². The molecule has 1 fully saturated rings. The van der Waals surface area contributed by atoms with Crippen molar-refractivity contribution in [3.05, 3.63) is 29.8 Å². The van der Waals surface area contributed by atoms with Crippen LogP contribution in [0, 0.1) is 0 Å². The molecule has 0 radical (unpaired) electrons. The van der Waals surface area contributed by atoms with Crippen LogP contribution in [0.1, 0.15) is 51.5 Å². The molecule has 0 saturated heterocycles. The van der Waals surface area contributed by atoms with Crippen LogP contribution in [-0.4, -0.2) is 18.1 Å². The smallest absolute Gasteiger partial charge is 0.224 e. The number of carbonyl (C=O) groups excluding carboxylic acids is 1. The Morgan fingerprint density at radius 3 is 2.45 bits per heavy atom. The number of rotatable bonds is 5. The first-order chi connectivity index (χ1) is 9.63. The molecular weight excluding hydrogens is 250 g/mol. The van der Waals surface area contributed by atoms with Crippen LogP contribution in [-0.2, 0) is 11.2 Å². The molecule has 0 aliphatic heterocycles. The highest BCUT2D eigenvalue weighted by molar-refractivity contribution is 5.78. The van der Waals surface area contributed by atoms with E-state index in [0.717, 1.165) is 24.2 Å². The van der Waals surface area contributed by atoms with E-state index in [4.69, 9.17) is 4.74 Å². The second-order valence-corrected chi connectivity index (χ2v) is 5.89. The van der Waals surface area contributed by atoms with Crippen molar-refractivity contribution < 1.29 is 9.53 Å². The van der Waals surface area contributed by atoms with E-state index in [1.807, 2.05) is 38.1 Å². The molecule has 3 heteroatoms. The molecule has 1 aromatic carbocycles. The van der Waals surface area contributed by atoms with Crippen molar-refractivity contribution in [1.82, 2.24) is 5.32 Å². The molecule has 0 atom stereocenters. The lowest BCUT2D eigenvalue weighted by molar-refractivity contribution is -0.121. The summed E-state index contributed by atoms with van der Waals surface area (Å²) >= 11 is 0. The third-order valence-electron chi connectivity index (χ3n) is 3.63. The molecule has 1 aliphatic carbocycles. The zero-order chi connectivity index (χ0) is 14.4. The third kappa shape index (κ3) is 4.87. The fourth-order valence-electron chi connectivity index (χ4n) is 2.67. The van der Waals surface area contributed by atoms with E-state index >= 15 is 0 Å². The number of amides is 1. The first-order valence-electron chi connectivity index (χ1n) is 7.68. The van der Waals surface area contributed by atoms with Crippen molar-refractivity contribution in [2.45, 2.75) is 64.5 Å². The van der Waals surface area contributed by atoms with Crippen molar-refractivity contribution in [1.29, 1.82) is 0 Å². The van der Waals surface area contributed by atoms with Gasteiger partial charge in [-0.2, -0.15) is 0 Å². The molecule has 1 aliphatic rings. The first-order valence-corrected chi connectivity index (χ1v) is 7.68. The van der Waals surface area contributed by atoms with Crippen molar-refractivity contribution in [3.8, 4) is 5.75 Å². The standard InChI is InChI=1S/C17H25NO2/c1-13(2)20-16-10-8-14(9-11-16)12-17(19)18-15-6-4-3-5-7-15/h8-11,13,15H,3-7,12H2,1-2H3,(H,18,19). The highest BCUT2D eigenvalue weighted by Gasteiger charge is 2.15. The normalized spacial score (nSPS) is 16.1. The molecule has 0 heterocycles. The summed E-state index contributed by atoms with van der Waals surface area (Å²) in [5.41, 5.74) is 1.04. The zero-order valence-corrected chi connectivity index (χ0v) is 12.5. The van der Waals surface area contributed by atoms with Crippen LogP contribution in [0.25, 0.3) is 0 Å². The van der Waals surface area contributed by atoms with Crippen molar-refractivity contribution in [2.75, 3.05) is 0 Å². The largest absolute Gasteiger partial charge is 0.491 e. The van der Waals surface area contributed by atoms with Crippen LogP contribution in [0.4, 0.5) is 0 Å². The van der Waals surface area contributed by atoms with Crippen molar-refractivity contribution in [3.63, 3.8) is 0 Å². The average Bonchev–Trinajstić information content (AvgIpc) is 2.41. The Morgan fingerprint density at radius 1 is 1.20 bits per heavy atom. The van der Waals surface area contributed by atoms with Crippen molar-refractivity contribution >= 4 is 5.91 Å².